The molecule has 10 heteroatoms. The average molecular weight is 838 g/mol. The van der Waals surface area contributed by atoms with Crippen molar-refractivity contribution < 1.29 is 42.1 Å². The number of hydrogen-bond donors (Lipinski definition) is 0. The summed E-state index contributed by atoms with van der Waals surface area (Å²) in [4.78, 5) is 37.6. The lowest BCUT2D eigenvalue weighted by Gasteiger charge is -2.28. The summed E-state index contributed by atoms with van der Waals surface area (Å²) in [6.07, 6.45) is 47.1. The molecule has 0 N–H and O–H groups in total. The summed E-state index contributed by atoms with van der Waals surface area (Å²) in [5.74, 6) is -0.896. The average Bonchev–Trinajstić information content (AvgIpc) is 3.17. The molecule has 2 atom stereocenters. The van der Waals surface area contributed by atoms with Crippen molar-refractivity contribution in [1.82, 2.24) is 0 Å². The van der Waals surface area contributed by atoms with E-state index < -0.39 is 32.5 Å². The van der Waals surface area contributed by atoms with Gasteiger partial charge in [-0.05, 0) is 51.4 Å². The van der Waals surface area contributed by atoms with Crippen LogP contribution in [-0.2, 0) is 32.7 Å². The van der Waals surface area contributed by atoms with Crippen LogP contribution in [0.25, 0.3) is 0 Å². The van der Waals surface area contributed by atoms with E-state index in [0.29, 0.717) is 23.9 Å². The number of nitrogens with zero attached hydrogens (tertiary/aromatic N) is 1. The van der Waals surface area contributed by atoms with Crippen LogP contribution < -0.4 is 4.89 Å². The van der Waals surface area contributed by atoms with E-state index in [4.69, 9.17) is 18.5 Å². The fraction of sp³-hybridized carbons (Fsp3) is 0.792. The number of carbonyl (C=O) groups excluding carboxylic acids is 2. The van der Waals surface area contributed by atoms with Crippen molar-refractivity contribution in [3.05, 3.63) is 48.6 Å². The van der Waals surface area contributed by atoms with Crippen LogP contribution in [0.4, 0.5) is 0 Å². The molecule has 0 heterocycles. The Morgan fingerprint density at radius 2 is 0.948 bits per heavy atom. The third-order valence-electron chi connectivity index (χ3n) is 9.85. The Hall–Kier alpha value is -2.03. The lowest BCUT2D eigenvalue weighted by molar-refractivity contribution is -0.870. The molecular formula is C48H88NO8P. The summed E-state index contributed by atoms with van der Waals surface area (Å²) in [5.41, 5.74) is 0. The summed E-state index contributed by atoms with van der Waals surface area (Å²) in [6, 6.07) is 0. The zero-order valence-electron chi connectivity index (χ0n) is 38.0. The van der Waals surface area contributed by atoms with Gasteiger partial charge in [0.15, 0.2) is 6.10 Å². The van der Waals surface area contributed by atoms with Crippen molar-refractivity contribution in [2.24, 2.45) is 0 Å². The number of unbranched alkanes of at least 4 members (excludes halogenated alkanes) is 20. The first-order chi connectivity index (χ1) is 28.0. The number of allylic oxidation sites excluding steroid dienone is 8. The van der Waals surface area contributed by atoms with E-state index in [0.717, 1.165) is 44.9 Å². The number of phosphoric ester groups is 1. The Morgan fingerprint density at radius 1 is 0.534 bits per heavy atom. The van der Waals surface area contributed by atoms with Crippen molar-refractivity contribution in [3.63, 3.8) is 0 Å². The van der Waals surface area contributed by atoms with Gasteiger partial charge in [-0.2, -0.15) is 0 Å². The van der Waals surface area contributed by atoms with Gasteiger partial charge < -0.3 is 27.9 Å². The maximum Gasteiger partial charge on any atom is 0.306 e. The summed E-state index contributed by atoms with van der Waals surface area (Å²) < 4.78 is 33.9. The highest BCUT2D eigenvalue weighted by atomic mass is 31.2. The fourth-order valence-electron chi connectivity index (χ4n) is 6.18. The van der Waals surface area contributed by atoms with Crippen LogP contribution in [-0.4, -0.2) is 70.0 Å². The Morgan fingerprint density at radius 3 is 1.43 bits per heavy atom. The van der Waals surface area contributed by atoms with Gasteiger partial charge in [0, 0.05) is 12.8 Å². The number of esters is 2. The summed E-state index contributed by atoms with van der Waals surface area (Å²) in [6.45, 7) is 4.15. The third-order valence-corrected chi connectivity index (χ3v) is 10.8. The molecule has 0 bridgehead atoms. The molecule has 0 aromatic heterocycles. The first-order valence-electron chi connectivity index (χ1n) is 23.3. The molecule has 0 saturated heterocycles. The lowest BCUT2D eigenvalue weighted by atomic mass is 10.0. The normalized spacial score (nSPS) is 14.0. The predicted molar refractivity (Wildman–Crippen MR) is 240 cm³/mol. The molecule has 0 rings (SSSR count). The molecule has 0 spiro atoms. The summed E-state index contributed by atoms with van der Waals surface area (Å²) >= 11 is 0. The molecule has 0 aliphatic rings. The molecule has 338 valence electrons. The van der Waals surface area contributed by atoms with Gasteiger partial charge >= 0.3 is 11.9 Å². The predicted octanol–water partition coefficient (Wildman–Crippen LogP) is 12.8. The van der Waals surface area contributed by atoms with E-state index in [1.807, 2.05) is 21.1 Å². The SMILES string of the molecule is CCCCC/C=C/C/C=C/C/C=C/C/C=C/CCCC(=O)OC[C@H](COP(=O)([O-])OCC[N+](C)(C)C)OC(=O)CCCCCCCCCCCCCCCCCCC. The Kier molecular flexibility index (Phi) is 39.0. The van der Waals surface area contributed by atoms with E-state index in [1.54, 1.807) is 0 Å². The monoisotopic (exact) mass is 838 g/mol. The van der Waals surface area contributed by atoms with Gasteiger partial charge in [0.2, 0.25) is 0 Å². The second kappa shape index (κ2) is 40.4. The summed E-state index contributed by atoms with van der Waals surface area (Å²) in [7, 11) is 1.14. The largest absolute Gasteiger partial charge is 0.756 e. The highest BCUT2D eigenvalue weighted by Crippen LogP contribution is 2.38. The van der Waals surface area contributed by atoms with Crippen molar-refractivity contribution in [2.75, 3.05) is 47.5 Å². The molecule has 0 fully saturated rings. The van der Waals surface area contributed by atoms with Crippen LogP contribution in [0.15, 0.2) is 48.6 Å². The summed E-state index contributed by atoms with van der Waals surface area (Å²) in [5, 5.41) is 0. The number of ether oxygens (including phenoxy) is 2. The Balaban J connectivity index is 4.40. The van der Waals surface area contributed by atoms with Crippen LogP contribution in [0.5, 0.6) is 0 Å². The van der Waals surface area contributed by atoms with E-state index >= 15 is 0 Å². The van der Waals surface area contributed by atoms with Crippen molar-refractivity contribution in [2.45, 2.75) is 200 Å². The molecule has 0 radical (unpaired) electrons. The van der Waals surface area contributed by atoms with Crippen molar-refractivity contribution >= 4 is 19.8 Å². The van der Waals surface area contributed by atoms with Gasteiger partial charge in [0.05, 0.1) is 27.7 Å². The quantitative estimate of drug-likeness (QED) is 0.0196. The number of phosphoric acid groups is 1. The molecule has 9 nitrogen and oxygen atoms in total. The standard InChI is InChI=1S/C48H88NO8P/c1-6-8-10-12-14-16-18-20-22-24-26-28-30-32-34-36-38-40-47(50)54-44-46(45-56-58(52,53)55-43-42-49(3,4)5)57-48(51)41-39-37-35-33-31-29-27-25-23-21-19-17-15-13-11-9-7-2/h14,16,20,22,26,28,32,34,46H,6-13,15,17-19,21,23-25,27,29-31,33,35-45H2,1-5H3/b16-14+,22-20+,28-26+,34-32+/t46-/m1/s1. The second-order valence-electron chi connectivity index (χ2n) is 16.8. The number of carbonyl (C=O) groups is 2. The zero-order valence-corrected chi connectivity index (χ0v) is 38.9. The second-order valence-corrected chi connectivity index (χ2v) is 18.2. The first-order valence-corrected chi connectivity index (χ1v) is 24.8. The van der Waals surface area contributed by atoms with Crippen LogP contribution >= 0.6 is 7.82 Å². The fourth-order valence-corrected chi connectivity index (χ4v) is 6.91. The van der Waals surface area contributed by atoms with E-state index in [-0.39, 0.29) is 26.1 Å². The van der Waals surface area contributed by atoms with Crippen molar-refractivity contribution in [3.8, 4) is 0 Å². The molecule has 0 saturated carbocycles. The smallest absolute Gasteiger partial charge is 0.306 e. The number of hydrogen-bond acceptors (Lipinski definition) is 8. The Bertz CT molecular complexity index is 1130. The molecule has 0 aliphatic carbocycles. The van der Waals surface area contributed by atoms with Crippen LogP contribution in [0.3, 0.4) is 0 Å². The third kappa shape index (κ3) is 43.5. The highest BCUT2D eigenvalue weighted by Gasteiger charge is 2.21. The van der Waals surface area contributed by atoms with Crippen LogP contribution in [0.1, 0.15) is 194 Å². The number of rotatable bonds is 42. The topological polar surface area (TPSA) is 111 Å². The first kappa shape index (κ1) is 56.0. The molecule has 0 aliphatic heterocycles. The zero-order chi connectivity index (χ0) is 42.8. The van der Waals surface area contributed by atoms with E-state index in [9.17, 15) is 19.0 Å². The molecule has 1 unspecified atom stereocenters. The molecule has 0 aromatic carbocycles. The van der Waals surface area contributed by atoms with Crippen LogP contribution in [0.2, 0.25) is 0 Å². The van der Waals surface area contributed by atoms with Gasteiger partial charge in [-0.1, -0.05) is 178 Å². The minimum absolute atomic E-state index is 0.0392. The molecule has 58 heavy (non-hydrogen) atoms. The van der Waals surface area contributed by atoms with Gasteiger partial charge in [0.1, 0.15) is 19.8 Å². The Labute approximate surface area is 356 Å². The maximum atomic E-state index is 12.7. The van der Waals surface area contributed by atoms with Crippen LogP contribution in [0, 0.1) is 0 Å². The minimum Gasteiger partial charge on any atom is -0.756 e. The van der Waals surface area contributed by atoms with Crippen molar-refractivity contribution in [1.29, 1.82) is 0 Å². The highest BCUT2D eigenvalue weighted by molar-refractivity contribution is 7.45. The van der Waals surface area contributed by atoms with Gasteiger partial charge in [-0.3, -0.25) is 14.2 Å². The van der Waals surface area contributed by atoms with E-state index in [2.05, 4.69) is 62.5 Å². The van der Waals surface area contributed by atoms with Gasteiger partial charge in [0.25, 0.3) is 7.82 Å². The number of quaternary nitrogens is 1. The van der Waals surface area contributed by atoms with Gasteiger partial charge in [-0.15, -0.1) is 0 Å². The number of likely N-dealkylation sites (N-methyl/N-ethyl adjacent to an activating group) is 1. The molecule has 0 aromatic rings. The van der Waals surface area contributed by atoms with Gasteiger partial charge in [-0.25, -0.2) is 0 Å². The minimum atomic E-state index is -4.64. The lowest BCUT2D eigenvalue weighted by Crippen LogP contribution is -2.37. The molecule has 0 amide bonds. The maximum absolute atomic E-state index is 12.7. The van der Waals surface area contributed by atoms with E-state index in [1.165, 1.54) is 109 Å². The molecular weight excluding hydrogens is 750 g/mol.